The van der Waals surface area contributed by atoms with Crippen LogP contribution in [0.4, 0.5) is 0 Å². The molecule has 1 N–H and O–H groups in total. The molecule has 0 spiro atoms. The standard InChI is InChI=1S/C21H20N2O5S/c1-27-16-9-4-2-7-14(16)21(26)23-18(24)13-28-20(25)12-6-11-19-22-15-8-3-5-10-17(15)29-19/h2-5,7-10H,6,11-13H2,1H3,(H,23,24,26). The number of rotatable bonds is 8. The number of esters is 1. The third-order valence-corrected chi connectivity index (χ3v) is 5.17. The number of nitrogens with zero attached hydrogens (tertiary/aromatic N) is 1. The fraction of sp³-hybridized carbons (Fsp3) is 0.238. The Balaban J connectivity index is 1.39. The van der Waals surface area contributed by atoms with E-state index in [4.69, 9.17) is 9.47 Å². The van der Waals surface area contributed by atoms with E-state index in [9.17, 15) is 14.4 Å². The van der Waals surface area contributed by atoms with Crippen molar-refractivity contribution in [1.82, 2.24) is 10.3 Å². The number of hydrogen-bond acceptors (Lipinski definition) is 7. The van der Waals surface area contributed by atoms with Gasteiger partial charge in [-0.2, -0.15) is 0 Å². The van der Waals surface area contributed by atoms with Gasteiger partial charge in [0.25, 0.3) is 11.8 Å². The predicted octanol–water partition coefficient (Wildman–Crippen LogP) is 3.13. The average molecular weight is 412 g/mol. The number of methoxy groups -OCH3 is 1. The van der Waals surface area contributed by atoms with E-state index in [-0.39, 0.29) is 12.0 Å². The van der Waals surface area contributed by atoms with Crippen molar-refractivity contribution in [2.75, 3.05) is 13.7 Å². The summed E-state index contributed by atoms with van der Waals surface area (Å²) in [5, 5.41) is 3.14. The second-order valence-corrected chi connectivity index (χ2v) is 7.28. The van der Waals surface area contributed by atoms with E-state index in [1.165, 1.54) is 13.2 Å². The van der Waals surface area contributed by atoms with Crippen molar-refractivity contribution in [2.24, 2.45) is 0 Å². The molecule has 0 radical (unpaired) electrons. The molecule has 0 bridgehead atoms. The summed E-state index contributed by atoms with van der Waals surface area (Å²) >= 11 is 1.60. The van der Waals surface area contributed by atoms with Gasteiger partial charge in [-0.15, -0.1) is 11.3 Å². The van der Waals surface area contributed by atoms with Gasteiger partial charge in [0.15, 0.2) is 6.61 Å². The molecule has 8 heteroatoms. The Morgan fingerprint density at radius 3 is 2.62 bits per heavy atom. The van der Waals surface area contributed by atoms with Gasteiger partial charge >= 0.3 is 5.97 Å². The SMILES string of the molecule is COc1ccccc1C(=O)NC(=O)COC(=O)CCCc1nc2ccccc2s1. The van der Waals surface area contributed by atoms with Crippen LogP contribution in [0.3, 0.4) is 0 Å². The Labute approximate surface area is 171 Å². The van der Waals surface area contributed by atoms with Crippen LogP contribution < -0.4 is 10.1 Å². The predicted molar refractivity (Wildman–Crippen MR) is 109 cm³/mol. The monoisotopic (exact) mass is 412 g/mol. The molecule has 7 nitrogen and oxygen atoms in total. The number of para-hydroxylation sites is 2. The molecule has 0 saturated carbocycles. The molecule has 0 atom stereocenters. The molecule has 0 unspecified atom stereocenters. The molecule has 150 valence electrons. The molecule has 0 aliphatic rings. The Hall–Kier alpha value is -3.26. The van der Waals surface area contributed by atoms with Crippen LogP contribution in [-0.4, -0.2) is 36.5 Å². The van der Waals surface area contributed by atoms with E-state index in [2.05, 4.69) is 10.3 Å². The molecule has 0 saturated heterocycles. The van der Waals surface area contributed by atoms with Crippen LogP contribution in [0.2, 0.25) is 0 Å². The van der Waals surface area contributed by atoms with Crippen LogP contribution in [-0.2, 0) is 20.7 Å². The first kappa shape index (κ1) is 20.5. The zero-order valence-corrected chi connectivity index (χ0v) is 16.7. The summed E-state index contributed by atoms with van der Waals surface area (Å²) in [4.78, 5) is 40.3. The minimum absolute atomic E-state index is 0.170. The molecule has 29 heavy (non-hydrogen) atoms. The highest BCUT2D eigenvalue weighted by molar-refractivity contribution is 7.18. The zero-order chi connectivity index (χ0) is 20.6. The third kappa shape index (κ3) is 5.61. The van der Waals surface area contributed by atoms with Gasteiger partial charge < -0.3 is 9.47 Å². The van der Waals surface area contributed by atoms with Gasteiger partial charge in [0.05, 0.1) is 27.9 Å². The Morgan fingerprint density at radius 2 is 1.83 bits per heavy atom. The van der Waals surface area contributed by atoms with Crippen LogP contribution in [0, 0.1) is 0 Å². The summed E-state index contributed by atoms with van der Waals surface area (Å²) < 4.78 is 11.1. The maximum atomic E-state index is 12.1. The largest absolute Gasteiger partial charge is 0.496 e. The Kier molecular flexibility index (Phi) is 6.91. The lowest BCUT2D eigenvalue weighted by molar-refractivity contribution is -0.148. The molecule has 2 amide bonds. The van der Waals surface area contributed by atoms with Gasteiger partial charge in [0, 0.05) is 6.42 Å². The Morgan fingerprint density at radius 1 is 1.07 bits per heavy atom. The second kappa shape index (κ2) is 9.79. The maximum Gasteiger partial charge on any atom is 0.306 e. The number of ether oxygens (including phenoxy) is 2. The molecule has 0 aliphatic heterocycles. The van der Waals surface area contributed by atoms with Gasteiger partial charge in [-0.25, -0.2) is 4.98 Å². The number of aryl methyl sites for hydroxylation is 1. The van der Waals surface area contributed by atoms with Crippen LogP contribution in [0.5, 0.6) is 5.75 Å². The lowest BCUT2D eigenvalue weighted by atomic mass is 10.2. The number of imide groups is 1. The van der Waals surface area contributed by atoms with Crippen LogP contribution in [0.25, 0.3) is 10.2 Å². The molecule has 0 fully saturated rings. The van der Waals surface area contributed by atoms with Gasteiger partial charge in [0.1, 0.15) is 5.75 Å². The fourth-order valence-electron chi connectivity index (χ4n) is 2.69. The molecule has 0 aliphatic carbocycles. The number of carbonyl (C=O) groups is 3. The summed E-state index contributed by atoms with van der Waals surface area (Å²) in [5.74, 6) is -1.45. The van der Waals surface area contributed by atoms with E-state index < -0.39 is 24.4 Å². The number of benzene rings is 2. The first-order valence-corrected chi connectivity index (χ1v) is 9.85. The van der Waals surface area contributed by atoms with Crippen molar-refractivity contribution < 1.29 is 23.9 Å². The summed E-state index contributed by atoms with van der Waals surface area (Å²) in [5.41, 5.74) is 1.18. The fourth-order valence-corrected chi connectivity index (χ4v) is 3.70. The van der Waals surface area contributed by atoms with E-state index in [1.807, 2.05) is 24.3 Å². The highest BCUT2D eigenvalue weighted by Crippen LogP contribution is 2.22. The summed E-state index contributed by atoms with van der Waals surface area (Å²) in [6.07, 6.45) is 1.40. The molecular weight excluding hydrogens is 392 g/mol. The van der Waals surface area contributed by atoms with Gasteiger partial charge in [-0.05, 0) is 37.1 Å². The number of aromatic nitrogens is 1. The minimum Gasteiger partial charge on any atom is -0.496 e. The summed E-state index contributed by atoms with van der Waals surface area (Å²) in [6, 6.07) is 14.4. The number of fused-ring (bicyclic) bond motifs is 1. The maximum absolute atomic E-state index is 12.1. The van der Waals surface area contributed by atoms with Crippen molar-refractivity contribution in [3.05, 3.63) is 59.1 Å². The first-order chi connectivity index (χ1) is 14.1. The highest BCUT2D eigenvalue weighted by atomic mass is 32.1. The molecule has 3 rings (SSSR count). The van der Waals surface area contributed by atoms with Crippen molar-refractivity contribution >= 4 is 39.3 Å². The number of thiazole rings is 1. The van der Waals surface area contributed by atoms with Crippen molar-refractivity contribution in [3.8, 4) is 5.75 Å². The van der Waals surface area contributed by atoms with E-state index in [1.54, 1.807) is 29.5 Å². The zero-order valence-electron chi connectivity index (χ0n) is 15.8. The van der Waals surface area contributed by atoms with Crippen LogP contribution in [0.1, 0.15) is 28.2 Å². The second-order valence-electron chi connectivity index (χ2n) is 6.17. The summed E-state index contributed by atoms with van der Waals surface area (Å²) in [7, 11) is 1.43. The minimum atomic E-state index is -0.694. The first-order valence-electron chi connectivity index (χ1n) is 9.04. The molecular formula is C21H20N2O5S. The molecule has 1 aromatic heterocycles. The molecule has 3 aromatic rings. The quantitative estimate of drug-likeness (QED) is 0.571. The highest BCUT2D eigenvalue weighted by Gasteiger charge is 2.16. The number of nitrogens with one attached hydrogen (secondary N) is 1. The van der Waals surface area contributed by atoms with E-state index in [0.717, 1.165) is 15.2 Å². The lowest BCUT2D eigenvalue weighted by Crippen LogP contribution is -2.34. The van der Waals surface area contributed by atoms with Crippen LogP contribution >= 0.6 is 11.3 Å². The van der Waals surface area contributed by atoms with Gasteiger partial charge in [-0.1, -0.05) is 24.3 Å². The summed E-state index contributed by atoms with van der Waals surface area (Å²) in [6.45, 7) is -0.513. The van der Waals surface area contributed by atoms with E-state index >= 15 is 0 Å². The number of carbonyl (C=O) groups excluding carboxylic acids is 3. The van der Waals surface area contributed by atoms with Gasteiger partial charge in [-0.3, -0.25) is 19.7 Å². The molecule has 1 heterocycles. The number of hydrogen-bond donors (Lipinski definition) is 1. The normalized spacial score (nSPS) is 10.5. The van der Waals surface area contributed by atoms with E-state index in [0.29, 0.717) is 18.6 Å². The third-order valence-electron chi connectivity index (χ3n) is 4.08. The lowest BCUT2D eigenvalue weighted by Gasteiger charge is -2.08. The smallest absolute Gasteiger partial charge is 0.306 e. The van der Waals surface area contributed by atoms with Crippen molar-refractivity contribution in [2.45, 2.75) is 19.3 Å². The van der Waals surface area contributed by atoms with Crippen LogP contribution in [0.15, 0.2) is 48.5 Å². The van der Waals surface area contributed by atoms with Gasteiger partial charge in [0.2, 0.25) is 0 Å². The Bertz CT molecular complexity index is 998. The topological polar surface area (TPSA) is 94.6 Å². The molecule has 2 aromatic carbocycles. The van der Waals surface area contributed by atoms with Crippen molar-refractivity contribution in [1.29, 1.82) is 0 Å². The van der Waals surface area contributed by atoms with Crippen molar-refractivity contribution in [3.63, 3.8) is 0 Å². The average Bonchev–Trinajstić information content (AvgIpc) is 3.15. The number of amides is 2.